The first-order chi connectivity index (χ1) is 24.6. The summed E-state index contributed by atoms with van der Waals surface area (Å²) in [6.07, 6.45) is 5.33. The average Bonchev–Trinajstić information content (AvgIpc) is 3.42. The Morgan fingerprint density at radius 3 is 2.44 bits per heavy atom. The van der Waals surface area contributed by atoms with Crippen LogP contribution in [0.1, 0.15) is 71.9 Å². The number of aromatic nitrogens is 7. The van der Waals surface area contributed by atoms with Crippen LogP contribution < -0.4 is 15.5 Å². The highest BCUT2D eigenvalue weighted by molar-refractivity contribution is 7.99. The molecule has 0 unspecified atom stereocenters. The molecule has 1 saturated heterocycles. The van der Waals surface area contributed by atoms with E-state index in [2.05, 4.69) is 51.5 Å². The van der Waals surface area contributed by atoms with E-state index < -0.39 is 23.3 Å². The van der Waals surface area contributed by atoms with Crippen LogP contribution in [-0.4, -0.2) is 64.8 Å². The summed E-state index contributed by atoms with van der Waals surface area (Å²) in [4.78, 5) is 41.3. The number of nitriles is 1. The van der Waals surface area contributed by atoms with Crippen LogP contribution in [0.4, 0.5) is 31.2 Å². The average molecular weight is 728 g/mol. The predicted octanol–water partition coefficient (Wildman–Crippen LogP) is 7.50. The lowest BCUT2D eigenvalue weighted by molar-refractivity contribution is 0.0448. The minimum atomic E-state index is -0.727. The van der Waals surface area contributed by atoms with E-state index in [1.165, 1.54) is 17.8 Å². The van der Waals surface area contributed by atoms with Gasteiger partial charge in [-0.3, -0.25) is 0 Å². The van der Waals surface area contributed by atoms with Crippen LogP contribution in [0.2, 0.25) is 0 Å². The van der Waals surface area contributed by atoms with Crippen LogP contribution in [0, 0.1) is 29.9 Å². The first-order valence-electron chi connectivity index (χ1n) is 16.8. The molecule has 1 aromatic carbocycles. The third kappa shape index (κ3) is 8.04. The summed E-state index contributed by atoms with van der Waals surface area (Å²) in [6.45, 7) is 14.6. The third-order valence-corrected chi connectivity index (χ3v) is 9.46. The number of nitrogens with one attached hydrogen (secondary N) is 2. The summed E-state index contributed by atoms with van der Waals surface area (Å²) in [5.74, 6) is 0.322. The number of nitrogens with zero attached hydrogens (tertiary/aromatic N) is 9. The van der Waals surface area contributed by atoms with Crippen molar-refractivity contribution in [3.05, 3.63) is 66.0 Å². The summed E-state index contributed by atoms with van der Waals surface area (Å²) in [5.41, 5.74) is 0.0413. The molecule has 0 radical (unpaired) electrons. The number of aryl methyl sites for hydroxylation is 1. The number of imidazole rings is 1. The summed E-state index contributed by atoms with van der Waals surface area (Å²) < 4.78 is 37.5. The molecule has 1 aliphatic heterocycles. The number of hydrogen-bond donors (Lipinski definition) is 2. The van der Waals surface area contributed by atoms with Gasteiger partial charge in [-0.15, -0.1) is 0 Å². The fourth-order valence-electron chi connectivity index (χ4n) is 6.02. The number of alkyl carbamates (subject to hydrolysis) is 1. The molecule has 0 atom stereocenters. The Hall–Kier alpha value is -5.43. The van der Waals surface area contributed by atoms with Gasteiger partial charge < -0.3 is 24.8 Å². The second kappa shape index (κ2) is 14.3. The molecule has 0 bridgehead atoms. The molecule has 5 aromatic rings. The second-order valence-corrected chi connectivity index (χ2v) is 15.2. The molecule has 1 amide bonds. The number of carbonyl (C=O) groups is 1. The van der Waals surface area contributed by atoms with Gasteiger partial charge >= 0.3 is 6.09 Å². The molecule has 0 spiro atoms. The van der Waals surface area contributed by atoms with E-state index in [-0.39, 0.29) is 45.8 Å². The van der Waals surface area contributed by atoms with Crippen molar-refractivity contribution in [3.8, 4) is 17.3 Å². The lowest BCUT2D eigenvalue weighted by atomic mass is 9.90. The molecule has 270 valence electrons. The maximum Gasteiger partial charge on any atom is 0.408 e. The zero-order chi connectivity index (χ0) is 37.4. The highest BCUT2D eigenvalue weighted by Gasteiger charge is 2.33. The number of pyridine rings is 1. The molecule has 0 aliphatic carbocycles. The Kier molecular flexibility index (Phi) is 10.00. The molecule has 2 N–H and O–H groups in total. The van der Waals surface area contributed by atoms with E-state index in [1.807, 2.05) is 46.1 Å². The largest absolute Gasteiger partial charge is 0.444 e. The van der Waals surface area contributed by atoms with Gasteiger partial charge in [0.05, 0.1) is 29.0 Å². The normalized spacial score (nSPS) is 14.4. The first kappa shape index (κ1) is 36.4. The van der Waals surface area contributed by atoms with E-state index in [0.29, 0.717) is 53.0 Å². The smallest absolute Gasteiger partial charge is 0.408 e. The number of hydrogen-bond acceptors (Lipinski definition) is 12. The van der Waals surface area contributed by atoms with Crippen molar-refractivity contribution >= 4 is 46.5 Å². The number of ether oxygens (including phenoxy) is 1. The van der Waals surface area contributed by atoms with Crippen LogP contribution in [-0.2, 0) is 4.74 Å². The first-order valence-corrected chi connectivity index (χ1v) is 17.6. The van der Waals surface area contributed by atoms with Crippen LogP contribution in [0.3, 0.4) is 0 Å². The van der Waals surface area contributed by atoms with Crippen LogP contribution in [0.15, 0.2) is 52.8 Å². The van der Waals surface area contributed by atoms with Crippen molar-refractivity contribution < 1.29 is 18.3 Å². The molecule has 1 fully saturated rings. The van der Waals surface area contributed by atoms with E-state index in [0.717, 1.165) is 6.20 Å². The number of benzene rings is 1. The topological polar surface area (TPSA) is 160 Å². The lowest BCUT2D eigenvalue weighted by Gasteiger charge is -2.40. The van der Waals surface area contributed by atoms with E-state index >= 15 is 8.78 Å². The SMILES string of the molecule is Cc1nc2c(F)cc(-c3nc(Nc4ccc(Sc5cnc(N6CCC(C)(NC(=O)OC(C)(C)C)CC6)cn5)c(C#N)n4)ncc3F)cc2n1C(C)C. The molecule has 6 rings (SSSR count). The van der Waals surface area contributed by atoms with Gasteiger partial charge in [-0.25, -0.2) is 43.5 Å². The van der Waals surface area contributed by atoms with Gasteiger partial charge in [0.1, 0.15) is 45.4 Å². The zero-order valence-electron chi connectivity index (χ0n) is 30.0. The molecule has 4 aromatic heterocycles. The molecule has 13 nitrogen and oxygen atoms in total. The zero-order valence-corrected chi connectivity index (χ0v) is 30.8. The summed E-state index contributed by atoms with van der Waals surface area (Å²) in [6, 6.07) is 8.33. The Morgan fingerprint density at radius 2 is 1.79 bits per heavy atom. The Labute approximate surface area is 304 Å². The Balaban J connectivity index is 1.12. The van der Waals surface area contributed by atoms with Crippen molar-refractivity contribution in [1.29, 1.82) is 5.26 Å². The molecular weight excluding hydrogens is 689 g/mol. The number of piperidine rings is 1. The van der Waals surface area contributed by atoms with Gasteiger partial charge in [-0.2, -0.15) is 5.26 Å². The standard InChI is InChI=1S/C36H39F2N11O2S/c1-20(2)49-21(3)43-32-23(37)14-22(15-26(32)49)31-24(38)17-42-33(46-31)45-28-9-8-27(25(16-39)44-28)52-30-19-40-29(18-41-30)48-12-10-36(7,11-13-48)47-34(50)51-35(4,5)6/h8-9,14-15,17-20H,10-13H2,1-7H3,(H,47,50)(H,42,44,45,46). The van der Waals surface area contributed by atoms with E-state index in [4.69, 9.17) is 4.74 Å². The van der Waals surface area contributed by atoms with Gasteiger partial charge in [0.2, 0.25) is 5.95 Å². The quantitative estimate of drug-likeness (QED) is 0.162. The molecule has 0 saturated carbocycles. The van der Waals surface area contributed by atoms with Crippen molar-refractivity contribution in [2.75, 3.05) is 23.3 Å². The van der Waals surface area contributed by atoms with Crippen molar-refractivity contribution in [2.45, 2.75) is 88.4 Å². The second-order valence-electron chi connectivity index (χ2n) is 14.1. The number of carbonyl (C=O) groups excluding carboxylic acids is 1. The van der Waals surface area contributed by atoms with Gasteiger partial charge in [-0.05, 0) is 85.6 Å². The highest BCUT2D eigenvalue weighted by Crippen LogP contribution is 2.33. The molecule has 1 aliphatic rings. The Bertz CT molecular complexity index is 2170. The third-order valence-electron chi connectivity index (χ3n) is 8.49. The highest BCUT2D eigenvalue weighted by atomic mass is 32.2. The van der Waals surface area contributed by atoms with Crippen molar-refractivity contribution in [3.63, 3.8) is 0 Å². The van der Waals surface area contributed by atoms with Gasteiger partial charge in [0.25, 0.3) is 0 Å². The van der Waals surface area contributed by atoms with Crippen LogP contribution >= 0.6 is 11.8 Å². The molecular formula is C36H39F2N11O2S. The maximum atomic E-state index is 15.1. The van der Waals surface area contributed by atoms with Crippen LogP contribution in [0.25, 0.3) is 22.3 Å². The van der Waals surface area contributed by atoms with Gasteiger partial charge in [-0.1, -0.05) is 11.8 Å². The molecule has 52 heavy (non-hydrogen) atoms. The number of rotatable bonds is 8. The van der Waals surface area contributed by atoms with Gasteiger partial charge in [0.15, 0.2) is 17.3 Å². The van der Waals surface area contributed by atoms with Crippen molar-refractivity contribution in [2.24, 2.45) is 0 Å². The van der Waals surface area contributed by atoms with E-state index in [9.17, 15) is 10.1 Å². The minimum absolute atomic E-state index is 0.00875. The minimum Gasteiger partial charge on any atom is -0.444 e. The van der Waals surface area contributed by atoms with Crippen molar-refractivity contribution in [1.82, 2.24) is 39.8 Å². The Morgan fingerprint density at radius 1 is 1.04 bits per heavy atom. The summed E-state index contributed by atoms with van der Waals surface area (Å²) in [5, 5.41) is 16.4. The number of anilines is 3. The van der Waals surface area contributed by atoms with Gasteiger partial charge in [0, 0.05) is 30.2 Å². The number of amides is 1. The lowest BCUT2D eigenvalue weighted by Crippen LogP contribution is -2.54. The number of halogens is 2. The van der Waals surface area contributed by atoms with E-state index in [1.54, 1.807) is 37.5 Å². The maximum absolute atomic E-state index is 15.1. The fraction of sp³-hybridized carbons (Fsp3) is 0.389. The number of fused-ring (bicyclic) bond motifs is 1. The predicted molar refractivity (Wildman–Crippen MR) is 193 cm³/mol. The molecule has 5 heterocycles. The fourth-order valence-corrected chi connectivity index (χ4v) is 6.78. The monoisotopic (exact) mass is 727 g/mol. The summed E-state index contributed by atoms with van der Waals surface area (Å²) >= 11 is 1.24. The molecule has 16 heteroatoms. The van der Waals surface area contributed by atoms with Crippen LogP contribution in [0.5, 0.6) is 0 Å². The summed E-state index contributed by atoms with van der Waals surface area (Å²) in [7, 11) is 0.